The number of ether oxygens (including phenoxy) is 1. The lowest BCUT2D eigenvalue weighted by Gasteiger charge is -2.33. The molecule has 1 saturated heterocycles. The van der Waals surface area contributed by atoms with Crippen LogP contribution in [0.15, 0.2) is 0 Å². The Morgan fingerprint density at radius 2 is 2.17 bits per heavy atom. The molecule has 1 unspecified atom stereocenters. The van der Waals surface area contributed by atoms with Crippen LogP contribution in [-0.4, -0.2) is 26.8 Å². The van der Waals surface area contributed by atoms with E-state index in [1.165, 1.54) is 19.4 Å². The molecule has 76 valence electrons. The van der Waals surface area contributed by atoms with Crippen LogP contribution in [0.4, 0.5) is 0 Å². The summed E-state index contributed by atoms with van der Waals surface area (Å²) in [4.78, 5) is 0. The van der Waals surface area contributed by atoms with Gasteiger partial charge >= 0.3 is 0 Å². The first kappa shape index (κ1) is 11.9. The van der Waals surface area contributed by atoms with Gasteiger partial charge in [0.25, 0.3) is 0 Å². The second kappa shape index (κ2) is 6.44. The fourth-order valence-corrected chi connectivity index (χ4v) is 1.59. The minimum atomic E-state index is 0. The fourth-order valence-electron chi connectivity index (χ4n) is 1.59. The molecule has 1 fully saturated rings. The van der Waals surface area contributed by atoms with Gasteiger partial charge in [0.2, 0.25) is 0 Å². The van der Waals surface area contributed by atoms with Crippen molar-refractivity contribution in [3.8, 4) is 0 Å². The minimum absolute atomic E-state index is 0. The largest absolute Gasteiger partial charge is 0.384 e. The summed E-state index contributed by atoms with van der Waals surface area (Å²) >= 11 is 0. The predicted octanol–water partition coefficient (Wildman–Crippen LogP) is 2.29. The van der Waals surface area contributed by atoms with E-state index in [4.69, 9.17) is 4.74 Å². The third-order valence-corrected chi connectivity index (χ3v) is 2.18. The van der Waals surface area contributed by atoms with Crippen molar-refractivity contribution in [1.29, 1.82) is 0 Å². The standard InChI is InChI=1S/C8H17NO.C2H6.H2/c1-8(7-10-2)4-3-5-9-6-8;1-2;/h9H,3-7H2,1-2H3;1-2H3;1H. The summed E-state index contributed by atoms with van der Waals surface area (Å²) in [6.07, 6.45) is 2.59. The summed E-state index contributed by atoms with van der Waals surface area (Å²) in [5, 5.41) is 3.38. The van der Waals surface area contributed by atoms with Crippen molar-refractivity contribution in [2.24, 2.45) is 5.41 Å². The molecule has 0 amide bonds. The van der Waals surface area contributed by atoms with Crippen molar-refractivity contribution >= 4 is 0 Å². The second-order valence-corrected chi connectivity index (χ2v) is 3.52. The first-order valence-corrected chi connectivity index (χ1v) is 4.96. The molecule has 0 aromatic rings. The van der Waals surface area contributed by atoms with Gasteiger partial charge < -0.3 is 10.1 Å². The Balaban J connectivity index is 0. The average molecular weight is 175 g/mol. The third kappa shape index (κ3) is 4.07. The summed E-state index contributed by atoms with van der Waals surface area (Å²) in [7, 11) is 1.78. The molecule has 12 heavy (non-hydrogen) atoms. The van der Waals surface area contributed by atoms with Gasteiger partial charge in [-0.25, -0.2) is 0 Å². The van der Waals surface area contributed by atoms with Crippen molar-refractivity contribution in [1.82, 2.24) is 5.32 Å². The van der Waals surface area contributed by atoms with Crippen LogP contribution in [0.2, 0.25) is 0 Å². The van der Waals surface area contributed by atoms with Gasteiger partial charge in [-0.15, -0.1) is 0 Å². The molecule has 1 rings (SSSR count). The van der Waals surface area contributed by atoms with Crippen LogP contribution in [0, 0.1) is 5.41 Å². The Labute approximate surface area is 78.2 Å². The lowest BCUT2D eigenvalue weighted by Crippen LogP contribution is -2.40. The van der Waals surface area contributed by atoms with Crippen LogP contribution >= 0.6 is 0 Å². The molecule has 1 aliphatic rings. The normalized spacial score (nSPS) is 29.0. The van der Waals surface area contributed by atoms with Crippen LogP contribution in [0.25, 0.3) is 0 Å². The third-order valence-electron chi connectivity index (χ3n) is 2.18. The minimum Gasteiger partial charge on any atom is -0.384 e. The van der Waals surface area contributed by atoms with E-state index < -0.39 is 0 Å². The number of rotatable bonds is 2. The van der Waals surface area contributed by atoms with Gasteiger partial charge in [0, 0.05) is 20.5 Å². The smallest absolute Gasteiger partial charge is 0.0528 e. The van der Waals surface area contributed by atoms with E-state index in [1.54, 1.807) is 7.11 Å². The van der Waals surface area contributed by atoms with Gasteiger partial charge in [-0.05, 0) is 19.4 Å². The molecule has 1 heterocycles. The van der Waals surface area contributed by atoms with Gasteiger partial charge in [0.15, 0.2) is 0 Å². The van der Waals surface area contributed by atoms with Crippen molar-refractivity contribution < 1.29 is 6.16 Å². The zero-order valence-electron chi connectivity index (χ0n) is 8.94. The number of hydrogen-bond acceptors (Lipinski definition) is 2. The molecule has 1 atom stereocenters. The zero-order valence-corrected chi connectivity index (χ0v) is 8.94. The maximum Gasteiger partial charge on any atom is 0.0528 e. The Hall–Kier alpha value is -0.0800. The summed E-state index contributed by atoms with van der Waals surface area (Å²) in [6, 6.07) is 0. The van der Waals surface area contributed by atoms with Gasteiger partial charge in [-0.3, -0.25) is 0 Å². The first-order chi connectivity index (χ1) is 5.77. The van der Waals surface area contributed by atoms with Crippen LogP contribution in [0.1, 0.15) is 35.0 Å². The lowest BCUT2D eigenvalue weighted by molar-refractivity contribution is 0.0724. The van der Waals surface area contributed by atoms with Crippen molar-refractivity contribution in [3.63, 3.8) is 0 Å². The monoisotopic (exact) mass is 175 g/mol. The summed E-state index contributed by atoms with van der Waals surface area (Å²) in [5.74, 6) is 0. The Kier molecular flexibility index (Phi) is 6.39. The maximum absolute atomic E-state index is 5.14. The van der Waals surface area contributed by atoms with Gasteiger partial charge in [0.1, 0.15) is 0 Å². The fraction of sp³-hybridized carbons (Fsp3) is 1.00. The molecular weight excluding hydrogens is 150 g/mol. The molecule has 0 aromatic carbocycles. The van der Waals surface area contributed by atoms with E-state index in [1.807, 2.05) is 13.8 Å². The second-order valence-electron chi connectivity index (χ2n) is 3.52. The molecule has 1 N–H and O–H groups in total. The van der Waals surface area contributed by atoms with Crippen LogP contribution in [-0.2, 0) is 4.74 Å². The molecule has 0 saturated carbocycles. The van der Waals surface area contributed by atoms with Crippen LogP contribution in [0.5, 0.6) is 0 Å². The highest BCUT2D eigenvalue weighted by atomic mass is 16.5. The highest BCUT2D eigenvalue weighted by Crippen LogP contribution is 2.24. The number of piperidine rings is 1. The average Bonchev–Trinajstić information content (AvgIpc) is 2.09. The Morgan fingerprint density at radius 3 is 2.58 bits per heavy atom. The number of nitrogens with one attached hydrogen (secondary N) is 1. The van der Waals surface area contributed by atoms with Crippen molar-refractivity contribution in [3.05, 3.63) is 0 Å². The van der Waals surface area contributed by atoms with Gasteiger partial charge in [-0.1, -0.05) is 20.8 Å². The Morgan fingerprint density at radius 1 is 1.50 bits per heavy atom. The SMILES string of the molecule is CC.COCC1(C)CCCNC1.[HH]. The summed E-state index contributed by atoms with van der Waals surface area (Å²) < 4.78 is 5.14. The first-order valence-electron chi connectivity index (χ1n) is 4.96. The topological polar surface area (TPSA) is 21.3 Å². The highest BCUT2D eigenvalue weighted by molar-refractivity contribution is 4.80. The van der Waals surface area contributed by atoms with E-state index in [2.05, 4.69) is 12.2 Å². The molecular formula is C10H25NO. The predicted molar refractivity (Wildman–Crippen MR) is 55.5 cm³/mol. The zero-order chi connectivity index (χ0) is 9.45. The number of hydrogen-bond donors (Lipinski definition) is 1. The van der Waals surface area contributed by atoms with Crippen LogP contribution in [0.3, 0.4) is 0 Å². The molecule has 0 radical (unpaired) electrons. The van der Waals surface area contributed by atoms with E-state index in [0.717, 1.165) is 13.2 Å². The summed E-state index contributed by atoms with van der Waals surface area (Å²) in [5.41, 5.74) is 0.396. The molecule has 0 spiro atoms. The Bertz CT molecular complexity index is 97.6. The molecule has 2 nitrogen and oxygen atoms in total. The molecule has 0 bridgehead atoms. The highest BCUT2D eigenvalue weighted by Gasteiger charge is 2.25. The molecule has 0 aromatic heterocycles. The van der Waals surface area contributed by atoms with E-state index in [-0.39, 0.29) is 1.43 Å². The summed E-state index contributed by atoms with van der Waals surface area (Å²) in [6.45, 7) is 9.46. The molecule has 0 aliphatic carbocycles. The van der Waals surface area contributed by atoms with E-state index in [0.29, 0.717) is 5.41 Å². The lowest BCUT2D eigenvalue weighted by atomic mass is 9.84. The van der Waals surface area contributed by atoms with Crippen molar-refractivity contribution in [2.75, 3.05) is 26.8 Å². The molecule has 2 heteroatoms. The quantitative estimate of drug-likeness (QED) is 0.695. The van der Waals surface area contributed by atoms with E-state index in [9.17, 15) is 0 Å². The van der Waals surface area contributed by atoms with Crippen molar-refractivity contribution in [2.45, 2.75) is 33.6 Å². The van der Waals surface area contributed by atoms with E-state index >= 15 is 0 Å². The number of methoxy groups -OCH3 is 1. The molecule has 1 aliphatic heterocycles. The maximum atomic E-state index is 5.14. The van der Waals surface area contributed by atoms with Gasteiger partial charge in [0.05, 0.1) is 6.61 Å². The van der Waals surface area contributed by atoms with Gasteiger partial charge in [-0.2, -0.15) is 0 Å². The van der Waals surface area contributed by atoms with Crippen LogP contribution < -0.4 is 5.32 Å².